The van der Waals surface area contributed by atoms with Crippen LogP contribution in [0, 0.1) is 10.1 Å². The van der Waals surface area contributed by atoms with Crippen molar-refractivity contribution in [2.75, 3.05) is 11.5 Å². The summed E-state index contributed by atoms with van der Waals surface area (Å²) in [7, 11) is -3.55. The molecule has 0 aromatic heterocycles. The maximum Gasteiger partial charge on any atom is 0.270 e. The summed E-state index contributed by atoms with van der Waals surface area (Å²) in [4.78, 5) is 21.1. The molecule has 0 spiro atoms. The monoisotopic (exact) mass is 317 g/mol. The van der Waals surface area contributed by atoms with E-state index in [0.717, 1.165) is 17.8 Å². The van der Waals surface area contributed by atoms with Gasteiger partial charge in [-0.05, 0) is 11.6 Å². The maximum atomic E-state index is 12.0. The lowest BCUT2D eigenvalue weighted by Crippen LogP contribution is -2.31. The number of rotatable bonds is 4. The van der Waals surface area contributed by atoms with Crippen molar-refractivity contribution in [3.05, 3.63) is 33.9 Å². The standard InChI is InChI=1S/C10H11N3O5S2/c11-12-10(14)4-19-8-5-20(17,18)9-3-6(13(15)16)1-2-7(8)9/h1-3,8H,4-5,11H2,(H,12,14)/t8-/m1/s1. The van der Waals surface area contributed by atoms with Gasteiger partial charge in [0, 0.05) is 17.4 Å². The lowest BCUT2D eigenvalue weighted by molar-refractivity contribution is -0.385. The largest absolute Gasteiger partial charge is 0.294 e. The number of hydrogen-bond acceptors (Lipinski definition) is 7. The molecule has 1 heterocycles. The van der Waals surface area contributed by atoms with E-state index in [4.69, 9.17) is 5.84 Å². The molecule has 0 radical (unpaired) electrons. The quantitative estimate of drug-likeness (QED) is 0.349. The van der Waals surface area contributed by atoms with Crippen LogP contribution < -0.4 is 11.3 Å². The van der Waals surface area contributed by atoms with Crippen molar-refractivity contribution in [1.29, 1.82) is 0 Å². The molecule has 1 aromatic rings. The summed E-state index contributed by atoms with van der Waals surface area (Å²) in [5.41, 5.74) is 2.18. The highest BCUT2D eigenvalue weighted by atomic mass is 32.2. The van der Waals surface area contributed by atoms with Crippen LogP contribution in [0.3, 0.4) is 0 Å². The van der Waals surface area contributed by atoms with Crippen LogP contribution >= 0.6 is 11.8 Å². The number of fused-ring (bicyclic) bond motifs is 1. The highest BCUT2D eigenvalue weighted by molar-refractivity contribution is 8.02. The summed E-state index contributed by atoms with van der Waals surface area (Å²) in [6.07, 6.45) is 0. The average Bonchev–Trinajstić information content (AvgIpc) is 2.67. The van der Waals surface area contributed by atoms with Crippen molar-refractivity contribution < 1.29 is 18.1 Å². The molecule has 10 heteroatoms. The van der Waals surface area contributed by atoms with Crippen molar-refractivity contribution in [2.24, 2.45) is 5.84 Å². The number of thioether (sulfide) groups is 1. The zero-order chi connectivity index (χ0) is 14.9. The molecular formula is C10H11N3O5S2. The van der Waals surface area contributed by atoms with Crippen molar-refractivity contribution in [1.82, 2.24) is 5.43 Å². The number of carbonyl (C=O) groups is 1. The zero-order valence-electron chi connectivity index (χ0n) is 10.1. The molecule has 0 aliphatic carbocycles. The SMILES string of the molecule is NNC(=O)CS[C@@H]1CS(=O)(=O)c2cc([N+](=O)[O-])ccc21. The first-order valence-electron chi connectivity index (χ1n) is 5.47. The second kappa shape index (κ2) is 5.38. The van der Waals surface area contributed by atoms with Gasteiger partial charge in [0.1, 0.15) is 0 Å². The molecule has 3 N–H and O–H groups in total. The van der Waals surface area contributed by atoms with Gasteiger partial charge in [-0.15, -0.1) is 11.8 Å². The van der Waals surface area contributed by atoms with Crippen LogP contribution in [0.4, 0.5) is 5.69 Å². The molecule has 0 fully saturated rings. The molecule has 8 nitrogen and oxygen atoms in total. The van der Waals surface area contributed by atoms with E-state index in [0.29, 0.717) is 5.56 Å². The zero-order valence-corrected chi connectivity index (χ0v) is 11.7. The van der Waals surface area contributed by atoms with Gasteiger partial charge in [0.15, 0.2) is 9.84 Å². The number of amides is 1. The Morgan fingerprint density at radius 1 is 1.55 bits per heavy atom. The van der Waals surface area contributed by atoms with Crippen molar-refractivity contribution in [3.8, 4) is 0 Å². The van der Waals surface area contributed by atoms with Gasteiger partial charge in [0.2, 0.25) is 5.91 Å². The summed E-state index contributed by atoms with van der Waals surface area (Å²) in [5, 5.41) is 10.3. The Morgan fingerprint density at radius 3 is 2.85 bits per heavy atom. The van der Waals surface area contributed by atoms with E-state index in [1.807, 2.05) is 5.43 Å². The van der Waals surface area contributed by atoms with Gasteiger partial charge in [-0.1, -0.05) is 0 Å². The molecule has 108 valence electrons. The minimum absolute atomic E-state index is 0.0209. The van der Waals surface area contributed by atoms with Crippen LogP contribution in [0.25, 0.3) is 0 Å². The third kappa shape index (κ3) is 2.76. The van der Waals surface area contributed by atoms with Crippen molar-refractivity contribution in [3.63, 3.8) is 0 Å². The van der Waals surface area contributed by atoms with Crippen LogP contribution in [0.15, 0.2) is 23.1 Å². The Hall–Kier alpha value is -1.65. The number of hydrazine groups is 1. The van der Waals surface area contributed by atoms with E-state index in [1.54, 1.807) is 0 Å². The van der Waals surface area contributed by atoms with Gasteiger partial charge in [-0.25, -0.2) is 14.3 Å². The Kier molecular flexibility index (Phi) is 3.97. The van der Waals surface area contributed by atoms with Crippen LogP contribution in [-0.2, 0) is 14.6 Å². The molecule has 0 saturated heterocycles. The van der Waals surface area contributed by atoms with E-state index in [-0.39, 0.29) is 22.1 Å². The predicted molar refractivity (Wildman–Crippen MR) is 72.7 cm³/mol. The average molecular weight is 317 g/mol. The number of nitrogens with two attached hydrogens (primary N) is 1. The van der Waals surface area contributed by atoms with Gasteiger partial charge in [0.05, 0.1) is 21.3 Å². The smallest absolute Gasteiger partial charge is 0.270 e. The number of benzene rings is 1. The highest BCUT2D eigenvalue weighted by Crippen LogP contribution is 2.42. The lowest BCUT2D eigenvalue weighted by Gasteiger charge is -2.08. The first-order chi connectivity index (χ1) is 9.35. The number of carbonyl (C=O) groups excluding carboxylic acids is 1. The van der Waals surface area contributed by atoms with E-state index in [2.05, 4.69) is 0 Å². The topological polar surface area (TPSA) is 132 Å². The predicted octanol–water partition coefficient (Wildman–Crippen LogP) is 0.146. The Bertz CT molecular complexity index is 673. The normalized spacial score (nSPS) is 19.4. The minimum atomic E-state index is -3.55. The first kappa shape index (κ1) is 14.8. The van der Waals surface area contributed by atoms with E-state index in [9.17, 15) is 23.3 Å². The van der Waals surface area contributed by atoms with Gasteiger partial charge in [0.25, 0.3) is 5.69 Å². The number of sulfone groups is 1. The number of nitro groups is 1. The molecule has 0 unspecified atom stereocenters. The highest BCUT2D eigenvalue weighted by Gasteiger charge is 2.36. The summed E-state index contributed by atoms with van der Waals surface area (Å²) >= 11 is 1.13. The number of nitrogens with one attached hydrogen (secondary N) is 1. The molecule has 20 heavy (non-hydrogen) atoms. The van der Waals surface area contributed by atoms with E-state index in [1.165, 1.54) is 12.1 Å². The number of hydrogen-bond donors (Lipinski definition) is 2. The summed E-state index contributed by atoms with van der Waals surface area (Å²) in [6, 6.07) is 3.75. The first-order valence-corrected chi connectivity index (χ1v) is 8.17. The molecule has 1 aromatic carbocycles. The van der Waals surface area contributed by atoms with Crippen LogP contribution in [0.2, 0.25) is 0 Å². The lowest BCUT2D eigenvalue weighted by atomic mass is 10.1. The molecule has 1 aliphatic rings. The van der Waals surface area contributed by atoms with Gasteiger partial charge in [-0.3, -0.25) is 20.3 Å². The molecule has 1 atom stereocenters. The van der Waals surface area contributed by atoms with Gasteiger partial charge in [-0.2, -0.15) is 0 Å². The fourth-order valence-corrected chi connectivity index (χ4v) is 5.35. The number of nitrogens with zero attached hydrogens (tertiary/aromatic N) is 1. The van der Waals surface area contributed by atoms with Crippen LogP contribution in [0.5, 0.6) is 0 Å². The summed E-state index contributed by atoms with van der Waals surface area (Å²) < 4.78 is 24.0. The van der Waals surface area contributed by atoms with Crippen LogP contribution in [-0.4, -0.2) is 30.8 Å². The second-order valence-electron chi connectivity index (χ2n) is 4.13. The molecule has 0 saturated carbocycles. The molecule has 1 aliphatic heterocycles. The maximum absolute atomic E-state index is 12.0. The number of nitro benzene ring substituents is 1. The third-order valence-corrected chi connectivity index (χ3v) is 6.10. The Morgan fingerprint density at radius 2 is 2.25 bits per heavy atom. The van der Waals surface area contributed by atoms with Crippen molar-refractivity contribution in [2.45, 2.75) is 10.1 Å². The van der Waals surface area contributed by atoms with E-state index >= 15 is 0 Å². The Labute approximate surface area is 118 Å². The third-order valence-electron chi connectivity index (χ3n) is 2.84. The minimum Gasteiger partial charge on any atom is -0.294 e. The van der Waals surface area contributed by atoms with Gasteiger partial charge >= 0.3 is 0 Å². The van der Waals surface area contributed by atoms with E-state index < -0.39 is 25.9 Å². The molecule has 1 amide bonds. The number of non-ortho nitro benzene ring substituents is 1. The second-order valence-corrected chi connectivity index (χ2v) is 7.32. The summed E-state index contributed by atoms with van der Waals surface area (Å²) in [5.74, 6) is 4.38. The fraction of sp³-hybridized carbons (Fsp3) is 0.300. The Balaban J connectivity index is 2.32. The fourth-order valence-electron chi connectivity index (χ4n) is 1.91. The van der Waals surface area contributed by atoms with Crippen molar-refractivity contribution >= 4 is 33.2 Å². The molecular weight excluding hydrogens is 306 g/mol. The van der Waals surface area contributed by atoms with Gasteiger partial charge < -0.3 is 0 Å². The molecule has 0 bridgehead atoms. The molecule has 2 rings (SSSR count). The summed E-state index contributed by atoms with van der Waals surface area (Å²) in [6.45, 7) is 0. The van der Waals surface area contributed by atoms with Crippen LogP contribution in [0.1, 0.15) is 10.8 Å².